The van der Waals surface area contributed by atoms with Gasteiger partial charge in [0.15, 0.2) is 0 Å². The molecule has 5 heteroatoms. The average molecular weight is 342 g/mol. The van der Waals surface area contributed by atoms with Crippen LogP contribution in [-0.2, 0) is 11.3 Å². The van der Waals surface area contributed by atoms with Crippen molar-refractivity contribution in [1.29, 1.82) is 0 Å². The highest BCUT2D eigenvalue weighted by molar-refractivity contribution is 6.34. The molecular formula is C19H20ClN3O. The highest BCUT2D eigenvalue weighted by Crippen LogP contribution is 2.37. The summed E-state index contributed by atoms with van der Waals surface area (Å²) in [5.41, 5.74) is 3.10. The van der Waals surface area contributed by atoms with Gasteiger partial charge in [0, 0.05) is 32.6 Å². The molecule has 1 amide bonds. The first-order chi connectivity index (χ1) is 11.7. The molecule has 1 saturated heterocycles. The molecule has 1 atom stereocenters. The number of carbonyl (C=O) groups excluding carboxylic acids is 1. The van der Waals surface area contributed by atoms with Gasteiger partial charge >= 0.3 is 0 Å². The maximum Gasteiger partial charge on any atom is 0.226 e. The zero-order valence-corrected chi connectivity index (χ0v) is 14.2. The Labute approximate surface area is 147 Å². The Morgan fingerprint density at radius 2 is 1.92 bits per heavy atom. The van der Waals surface area contributed by atoms with Crippen LogP contribution < -0.4 is 10.2 Å². The second-order valence-electron chi connectivity index (χ2n) is 6.45. The van der Waals surface area contributed by atoms with Crippen molar-refractivity contribution in [3.05, 3.63) is 59.1 Å². The SMILES string of the molecule is O=C1C[C@H]2CN(Cc3ccccc3)CCN2c2cccc(Cl)c2N1. The molecule has 2 aliphatic heterocycles. The molecule has 2 aromatic carbocycles. The van der Waals surface area contributed by atoms with E-state index in [1.54, 1.807) is 0 Å². The van der Waals surface area contributed by atoms with Crippen LogP contribution in [0.3, 0.4) is 0 Å². The lowest BCUT2D eigenvalue weighted by Crippen LogP contribution is -2.53. The van der Waals surface area contributed by atoms with Crippen molar-refractivity contribution in [1.82, 2.24) is 4.90 Å². The van der Waals surface area contributed by atoms with Crippen molar-refractivity contribution in [2.45, 2.75) is 19.0 Å². The van der Waals surface area contributed by atoms with Crippen molar-refractivity contribution in [3.63, 3.8) is 0 Å². The minimum atomic E-state index is 0.0402. The van der Waals surface area contributed by atoms with Gasteiger partial charge in [-0.3, -0.25) is 9.69 Å². The number of hydrogen-bond donors (Lipinski definition) is 1. The number of anilines is 2. The third kappa shape index (κ3) is 2.99. The first kappa shape index (κ1) is 15.5. The molecule has 1 fully saturated rings. The number of amides is 1. The van der Waals surface area contributed by atoms with E-state index in [0.717, 1.165) is 37.6 Å². The van der Waals surface area contributed by atoms with E-state index in [2.05, 4.69) is 39.4 Å². The molecule has 0 radical (unpaired) electrons. The minimum Gasteiger partial charge on any atom is -0.364 e. The highest BCUT2D eigenvalue weighted by atomic mass is 35.5. The van der Waals surface area contributed by atoms with E-state index in [1.165, 1.54) is 5.56 Å². The van der Waals surface area contributed by atoms with E-state index in [4.69, 9.17) is 11.6 Å². The second-order valence-corrected chi connectivity index (χ2v) is 6.86. The van der Waals surface area contributed by atoms with Gasteiger partial charge in [-0.2, -0.15) is 0 Å². The molecule has 0 bridgehead atoms. The smallest absolute Gasteiger partial charge is 0.226 e. The predicted molar refractivity (Wildman–Crippen MR) is 97.6 cm³/mol. The summed E-state index contributed by atoms with van der Waals surface area (Å²) < 4.78 is 0. The van der Waals surface area contributed by atoms with E-state index in [0.29, 0.717) is 11.4 Å². The molecule has 0 spiro atoms. The number of nitrogens with zero attached hydrogens (tertiary/aromatic N) is 2. The first-order valence-electron chi connectivity index (χ1n) is 8.32. The van der Waals surface area contributed by atoms with Crippen LogP contribution in [-0.4, -0.2) is 36.5 Å². The second kappa shape index (κ2) is 6.46. The van der Waals surface area contributed by atoms with Gasteiger partial charge in [-0.15, -0.1) is 0 Å². The number of nitrogens with one attached hydrogen (secondary N) is 1. The Bertz CT molecular complexity index is 750. The third-order valence-corrected chi connectivity index (χ3v) is 5.12. The molecule has 0 aliphatic carbocycles. The summed E-state index contributed by atoms with van der Waals surface area (Å²) in [7, 11) is 0. The molecule has 124 valence electrons. The van der Waals surface area contributed by atoms with Crippen LogP contribution in [0.15, 0.2) is 48.5 Å². The molecule has 0 aromatic heterocycles. The number of halogens is 1. The van der Waals surface area contributed by atoms with Gasteiger partial charge in [-0.25, -0.2) is 0 Å². The van der Waals surface area contributed by atoms with Gasteiger partial charge in [0.2, 0.25) is 5.91 Å². The normalized spacial score (nSPS) is 20.8. The van der Waals surface area contributed by atoms with Crippen molar-refractivity contribution < 1.29 is 4.79 Å². The number of hydrogen-bond acceptors (Lipinski definition) is 3. The molecule has 1 N–H and O–H groups in total. The summed E-state index contributed by atoms with van der Waals surface area (Å²) in [6, 6.07) is 16.5. The molecule has 2 aliphatic rings. The maximum atomic E-state index is 12.3. The molecular weight excluding hydrogens is 322 g/mol. The summed E-state index contributed by atoms with van der Waals surface area (Å²) in [6.45, 7) is 3.69. The Hall–Kier alpha value is -2.04. The van der Waals surface area contributed by atoms with Crippen molar-refractivity contribution >= 4 is 28.9 Å². The molecule has 4 rings (SSSR count). The Kier molecular flexibility index (Phi) is 4.17. The molecule has 2 aromatic rings. The maximum absolute atomic E-state index is 12.3. The van der Waals surface area contributed by atoms with Gasteiger partial charge in [-0.1, -0.05) is 48.0 Å². The van der Waals surface area contributed by atoms with Crippen LogP contribution in [0.2, 0.25) is 5.02 Å². The number of para-hydroxylation sites is 1. The number of fused-ring (bicyclic) bond motifs is 3. The molecule has 24 heavy (non-hydrogen) atoms. The van der Waals surface area contributed by atoms with E-state index in [1.807, 2.05) is 24.3 Å². The molecule has 4 nitrogen and oxygen atoms in total. The van der Waals surface area contributed by atoms with Crippen LogP contribution >= 0.6 is 11.6 Å². The molecule has 0 unspecified atom stereocenters. The average Bonchev–Trinajstić information content (AvgIpc) is 2.72. The number of piperazine rings is 1. The van der Waals surface area contributed by atoms with E-state index < -0.39 is 0 Å². The van der Waals surface area contributed by atoms with Crippen LogP contribution in [0, 0.1) is 0 Å². The van der Waals surface area contributed by atoms with Gasteiger partial charge in [-0.05, 0) is 17.7 Å². The predicted octanol–water partition coefficient (Wildman–Crippen LogP) is 3.37. The topological polar surface area (TPSA) is 35.6 Å². The third-order valence-electron chi connectivity index (χ3n) is 4.80. The fourth-order valence-electron chi connectivity index (χ4n) is 3.68. The fourth-order valence-corrected chi connectivity index (χ4v) is 3.89. The number of rotatable bonds is 2. The lowest BCUT2D eigenvalue weighted by atomic mass is 10.1. The molecule has 0 saturated carbocycles. The summed E-state index contributed by atoms with van der Waals surface area (Å²) in [5, 5.41) is 3.59. The van der Waals surface area contributed by atoms with E-state index in [9.17, 15) is 4.79 Å². The van der Waals surface area contributed by atoms with E-state index >= 15 is 0 Å². The van der Waals surface area contributed by atoms with Crippen LogP contribution in [0.4, 0.5) is 11.4 Å². The van der Waals surface area contributed by atoms with Crippen LogP contribution in [0.5, 0.6) is 0 Å². The summed E-state index contributed by atoms with van der Waals surface area (Å²) >= 11 is 6.30. The largest absolute Gasteiger partial charge is 0.364 e. The zero-order valence-electron chi connectivity index (χ0n) is 13.4. The summed E-state index contributed by atoms with van der Waals surface area (Å²) in [6.07, 6.45) is 0.496. The van der Waals surface area contributed by atoms with E-state index in [-0.39, 0.29) is 11.9 Å². The van der Waals surface area contributed by atoms with Gasteiger partial charge in [0.05, 0.1) is 22.4 Å². The van der Waals surface area contributed by atoms with Crippen LogP contribution in [0.1, 0.15) is 12.0 Å². The Morgan fingerprint density at radius 1 is 1.08 bits per heavy atom. The fraction of sp³-hybridized carbons (Fsp3) is 0.316. The molecule has 2 heterocycles. The zero-order chi connectivity index (χ0) is 16.5. The standard InChI is InChI=1S/C19H20ClN3O/c20-16-7-4-8-17-19(16)21-18(24)11-15-13-22(9-10-23(15)17)12-14-5-2-1-3-6-14/h1-8,15H,9-13H2,(H,21,24)/t15-/m0/s1. The Balaban J connectivity index is 1.57. The summed E-state index contributed by atoms with van der Waals surface area (Å²) in [5.74, 6) is 0.0402. The highest BCUT2D eigenvalue weighted by Gasteiger charge is 2.33. The quantitative estimate of drug-likeness (QED) is 0.909. The van der Waals surface area contributed by atoms with Gasteiger partial charge in [0.25, 0.3) is 0 Å². The van der Waals surface area contributed by atoms with Crippen molar-refractivity contribution in [2.24, 2.45) is 0 Å². The van der Waals surface area contributed by atoms with Gasteiger partial charge in [0.1, 0.15) is 0 Å². The van der Waals surface area contributed by atoms with Crippen LogP contribution in [0.25, 0.3) is 0 Å². The van der Waals surface area contributed by atoms with Crippen molar-refractivity contribution in [2.75, 3.05) is 29.9 Å². The monoisotopic (exact) mass is 341 g/mol. The number of benzene rings is 2. The Morgan fingerprint density at radius 3 is 2.75 bits per heavy atom. The first-order valence-corrected chi connectivity index (χ1v) is 8.70. The lowest BCUT2D eigenvalue weighted by Gasteiger charge is -2.42. The summed E-state index contributed by atoms with van der Waals surface area (Å²) in [4.78, 5) is 17.1. The number of carbonyl (C=O) groups is 1. The van der Waals surface area contributed by atoms with Gasteiger partial charge < -0.3 is 10.2 Å². The lowest BCUT2D eigenvalue weighted by molar-refractivity contribution is -0.116. The van der Waals surface area contributed by atoms with Crippen molar-refractivity contribution in [3.8, 4) is 0 Å². The minimum absolute atomic E-state index is 0.0402.